The number of aldehydes is 1. The number of aromatic nitrogens is 2. The first-order chi connectivity index (χ1) is 19.9. The van der Waals surface area contributed by atoms with Gasteiger partial charge in [0.05, 0.1) is 31.4 Å². The quantitative estimate of drug-likeness (QED) is 0.168. The van der Waals surface area contributed by atoms with Crippen molar-refractivity contribution in [3.05, 3.63) is 72.2 Å². The molecule has 2 aromatic heterocycles. The van der Waals surface area contributed by atoms with E-state index < -0.39 is 17.4 Å². The maximum absolute atomic E-state index is 14.4. The van der Waals surface area contributed by atoms with Crippen molar-refractivity contribution in [2.75, 3.05) is 60.1 Å². The maximum atomic E-state index is 14.4. The zero-order valence-corrected chi connectivity index (χ0v) is 23.1. The molecule has 0 amide bonds. The molecule has 0 aliphatic carbocycles. The number of anilines is 1. The highest BCUT2D eigenvalue weighted by atomic mass is 19.1. The van der Waals surface area contributed by atoms with E-state index in [0.717, 1.165) is 12.1 Å². The summed E-state index contributed by atoms with van der Waals surface area (Å²) in [6.07, 6.45) is 5.24. The molecule has 0 aliphatic rings. The van der Waals surface area contributed by atoms with Crippen molar-refractivity contribution < 1.29 is 42.0 Å². The SMILES string of the molecule is CNc1cc(F)c(Oc2ccnc3cc(OCCOC)c(OCCOC)cc23)c(F)c1.COc1ccncc1C=O. The van der Waals surface area contributed by atoms with Crippen LogP contribution in [0.4, 0.5) is 14.5 Å². The predicted octanol–water partition coefficient (Wildman–Crippen LogP) is 5.30. The molecular weight excluding hydrogens is 540 g/mol. The van der Waals surface area contributed by atoms with Crippen LogP contribution in [-0.4, -0.2) is 71.1 Å². The van der Waals surface area contributed by atoms with E-state index in [-0.39, 0.29) is 12.4 Å². The van der Waals surface area contributed by atoms with E-state index in [1.54, 1.807) is 45.7 Å². The largest absolute Gasteiger partial charge is 0.496 e. The molecule has 0 spiro atoms. The standard InChI is InChI=1S/C22H24F2N2O5.C7H7NO2/c1-25-14-10-16(23)22(17(24)11-14)31-19-4-5-26-18-13-21(30-9-7-28-3)20(12-15(18)19)29-8-6-27-2;1-10-7-2-3-8-4-6(7)5-9/h4-5,10-13,25H,6-9H2,1-3H3;2-5H,1H3. The lowest BCUT2D eigenvalue weighted by molar-refractivity contribution is 0.112. The fourth-order valence-corrected chi connectivity index (χ4v) is 3.49. The minimum Gasteiger partial charge on any atom is -0.496 e. The Bertz CT molecular complexity index is 1420. The predicted molar refractivity (Wildman–Crippen MR) is 149 cm³/mol. The molecule has 0 unspecified atom stereocenters. The van der Waals surface area contributed by atoms with E-state index in [1.165, 1.54) is 25.6 Å². The fraction of sp³-hybridized carbons (Fsp3) is 0.276. The molecule has 218 valence electrons. The van der Waals surface area contributed by atoms with Gasteiger partial charge in [0.25, 0.3) is 0 Å². The Morgan fingerprint density at radius 3 is 2.02 bits per heavy atom. The summed E-state index contributed by atoms with van der Waals surface area (Å²) in [5.41, 5.74) is 1.29. The molecule has 0 saturated carbocycles. The molecule has 0 fully saturated rings. The van der Waals surface area contributed by atoms with Crippen LogP contribution < -0.4 is 24.3 Å². The number of nitrogens with zero attached hydrogens (tertiary/aromatic N) is 2. The number of benzene rings is 2. The van der Waals surface area contributed by atoms with Gasteiger partial charge < -0.3 is 33.7 Å². The van der Waals surface area contributed by atoms with Gasteiger partial charge in [-0.25, -0.2) is 8.78 Å². The van der Waals surface area contributed by atoms with Crippen molar-refractivity contribution >= 4 is 22.9 Å². The lowest BCUT2D eigenvalue weighted by atomic mass is 10.1. The summed E-state index contributed by atoms with van der Waals surface area (Å²) in [5, 5.41) is 3.20. The van der Waals surface area contributed by atoms with Crippen molar-refractivity contribution in [2.24, 2.45) is 0 Å². The van der Waals surface area contributed by atoms with Gasteiger partial charge in [-0.15, -0.1) is 0 Å². The number of methoxy groups -OCH3 is 3. The number of halogens is 2. The van der Waals surface area contributed by atoms with Crippen LogP contribution in [0.2, 0.25) is 0 Å². The number of nitrogens with one attached hydrogen (secondary N) is 1. The van der Waals surface area contributed by atoms with Gasteiger partial charge in [-0.2, -0.15) is 0 Å². The number of fused-ring (bicyclic) bond motifs is 1. The number of hydrogen-bond acceptors (Lipinski definition) is 10. The molecule has 4 rings (SSSR count). The molecule has 41 heavy (non-hydrogen) atoms. The third-order valence-corrected chi connectivity index (χ3v) is 5.51. The highest BCUT2D eigenvalue weighted by molar-refractivity contribution is 5.88. The van der Waals surface area contributed by atoms with Crippen LogP contribution >= 0.6 is 0 Å². The van der Waals surface area contributed by atoms with Crippen LogP contribution in [0.3, 0.4) is 0 Å². The van der Waals surface area contributed by atoms with E-state index in [2.05, 4.69) is 15.3 Å². The highest BCUT2D eigenvalue weighted by Crippen LogP contribution is 2.38. The van der Waals surface area contributed by atoms with Gasteiger partial charge in [-0.1, -0.05) is 0 Å². The molecule has 0 bridgehead atoms. The van der Waals surface area contributed by atoms with E-state index in [0.29, 0.717) is 65.5 Å². The van der Waals surface area contributed by atoms with E-state index >= 15 is 0 Å². The number of pyridine rings is 2. The number of ether oxygens (including phenoxy) is 6. The third-order valence-electron chi connectivity index (χ3n) is 5.51. The first-order valence-electron chi connectivity index (χ1n) is 12.4. The second kappa shape index (κ2) is 15.9. The van der Waals surface area contributed by atoms with Gasteiger partial charge in [0.2, 0.25) is 0 Å². The van der Waals surface area contributed by atoms with E-state index in [4.69, 9.17) is 28.4 Å². The van der Waals surface area contributed by atoms with Crippen LogP contribution in [0.15, 0.2) is 55.0 Å². The van der Waals surface area contributed by atoms with E-state index in [1.807, 2.05) is 0 Å². The normalized spacial score (nSPS) is 10.4. The molecule has 0 aliphatic heterocycles. The molecule has 2 heterocycles. The Hall–Kier alpha value is -4.55. The maximum Gasteiger partial charge on any atom is 0.198 e. The van der Waals surface area contributed by atoms with Gasteiger partial charge in [0, 0.05) is 69.1 Å². The van der Waals surface area contributed by atoms with Crippen LogP contribution in [0.5, 0.6) is 28.7 Å². The number of carbonyl (C=O) groups is 1. The van der Waals surface area contributed by atoms with Crippen LogP contribution in [0, 0.1) is 11.6 Å². The van der Waals surface area contributed by atoms with Crippen LogP contribution in [-0.2, 0) is 9.47 Å². The fourth-order valence-electron chi connectivity index (χ4n) is 3.49. The van der Waals surface area contributed by atoms with Crippen molar-refractivity contribution in [1.82, 2.24) is 9.97 Å². The Balaban J connectivity index is 0.000000389. The summed E-state index contributed by atoms with van der Waals surface area (Å²) in [5.74, 6) is -0.499. The Labute approximate surface area is 236 Å². The van der Waals surface area contributed by atoms with Gasteiger partial charge in [0.1, 0.15) is 24.7 Å². The summed E-state index contributed by atoms with van der Waals surface area (Å²) in [6, 6.07) is 8.82. The second-order valence-electron chi connectivity index (χ2n) is 8.16. The van der Waals surface area contributed by atoms with Gasteiger partial charge >= 0.3 is 0 Å². The van der Waals surface area contributed by atoms with Crippen LogP contribution in [0.25, 0.3) is 10.9 Å². The monoisotopic (exact) mass is 571 g/mol. The Morgan fingerprint density at radius 2 is 1.46 bits per heavy atom. The minimum absolute atomic E-state index is 0.222. The molecule has 0 atom stereocenters. The van der Waals surface area contributed by atoms with Gasteiger partial charge in [-0.3, -0.25) is 14.8 Å². The topological polar surface area (TPSA) is 110 Å². The Kier molecular flexibility index (Phi) is 12.0. The lowest BCUT2D eigenvalue weighted by Gasteiger charge is -2.16. The van der Waals surface area contributed by atoms with Gasteiger partial charge in [0.15, 0.2) is 35.2 Å². The first-order valence-corrected chi connectivity index (χ1v) is 12.4. The summed E-state index contributed by atoms with van der Waals surface area (Å²) >= 11 is 0. The van der Waals surface area contributed by atoms with Crippen molar-refractivity contribution in [1.29, 1.82) is 0 Å². The third kappa shape index (κ3) is 8.47. The van der Waals surface area contributed by atoms with Crippen molar-refractivity contribution in [3.63, 3.8) is 0 Å². The van der Waals surface area contributed by atoms with Crippen LogP contribution in [0.1, 0.15) is 10.4 Å². The number of hydrogen-bond donors (Lipinski definition) is 1. The highest BCUT2D eigenvalue weighted by Gasteiger charge is 2.17. The molecular formula is C29H31F2N3O7. The smallest absolute Gasteiger partial charge is 0.198 e. The second-order valence-corrected chi connectivity index (χ2v) is 8.16. The summed E-state index contributed by atoms with van der Waals surface area (Å²) in [6.45, 7) is 1.37. The first kappa shape index (κ1) is 31.0. The number of rotatable bonds is 13. The lowest BCUT2D eigenvalue weighted by Crippen LogP contribution is -2.08. The minimum atomic E-state index is -0.828. The summed E-state index contributed by atoms with van der Waals surface area (Å²) in [4.78, 5) is 18.3. The Morgan fingerprint density at radius 1 is 0.829 bits per heavy atom. The molecule has 1 N–H and O–H groups in total. The van der Waals surface area contributed by atoms with Gasteiger partial charge in [-0.05, 0) is 18.2 Å². The number of carbonyl (C=O) groups excluding carboxylic acids is 1. The molecule has 2 aromatic carbocycles. The van der Waals surface area contributed by atoms with E-state index in [9.17, 15) is 13.6 Å². The summed E-state index contributed by atoms with van der Waals surface area (Å²) in [7, 11) is 6.23. The average Bonchev–Trinajstić information content (AvgIpc) is 2.99. The zero-order chi connectivity index (χ0) is 29.6. The average molecular weight is 572 g/mol. The zero-order valence-electron chi connectivity index (χ0n) is 23.1. The molecule has 0 radical (unpaired) electrons. The molecule has 10 nitrogen and oxygen atoms in total. The van der Waals surface area contributed by atoms with Crippen molar-refractivity contribution in [3.8, 4) is 28.7 Å². The molecule has 4 aromatic rings. The molecule has 12 heteroatoms. The van der Waals surface area contributed by atoms with Crippen molar-refractivity contribution in [2.45, 2.75) is 0 Å². The molecule has 0 saturated heterocycles. The summed E-state index contributed by atoms with van der Waals surface area (Å²) < 4.78 is 60.9.